The topological polar surface area (TPSA) is 81.1 Å². The van der Waals surface area contributed by atoms with Gasteiger partial charge in [0.1, 0.15) is 5.52 Å². The smallest absolute Gasteiger partial charge is 0.265 e. The quantitative estimate of drug-likeness (QED) is 0.431. The molecule has 100 valence electrons. The molecule has 0 spiro atoms. The predicted molar refractivity (Wildman–Crippen MR) is 76.1 cm³/mol. The fourth-order valence-corrected chi connectivity index (χ4v) is 1.99. The molecule has 0 aliphatic carbocycles. The lowest BCUT2D eigenvalue weighted by Gasteiger charge is -1.97. The summed E-state index contributed by atoms with van der Waals surface area (Å²) < 4.78 is 5.65. The van der Waals surface area contributed by atoms with Crippen molar-refractivity contribution in [3.05, 3.63) is 53.1 Å². The molecule has 0 bridgehead atoms. The van der Waals surface area contributed by atoms with E-state index in [1.165, 1.54) is 0 Å². The monoisotopic (exact) mass is 287 g/mol. The third-order valence-electron chi connectivity index (χ3n) is 2.87. The zero-order valence-corrected chi connectivity index (χ0v) is 11.0. The molecule has 0 saturated carbocycles. The van der Waals surface area contributed by atoms with Crippen LogP contribution in [0.2, 0.25) is 5.02 Å². The molecule has 1 amide bonds. The van der Waals surface area contributed by atoms with Crippen LogP contribution >= 0.6 is 11.6 Å². The van der Waals surface area contributed by atoms with Gasteiger partial charge in [0, 0.05) is 16.1 Å². The van der Waals surface area contributed by atoms with Crippen LogP contribution in [0.25, 0.3) is 22.6 Å². The number of aromatic nitrogens is 1. The van der Waals surface area contributed by atoms with Gasteiger partial charge in [-0.25, -0.2) is 10.8 Å². The number of nitrogens with zero attached hydrogens (tertiary/aromatic N) is 1. The van der Waals surface area contributed by atoms with Crippen LogP contribution in [0.15, 0.2) is 46.9 Å². The van der Waals surface area contributed by atoms with Gasteiger partial charge in [-0.15, -0.1) is 0 Å². The minimum Gasteiger partial charge on any atom is -0.436 e. The van der Waals surface area contributed by atoms with Gasteiger partial charge in [0.2, 0.25) is 5.89 Å². The summed E-state index contributed by atoms with van der Waals surface area (Å²) in [5.74, 6) is 5.20. The SMILES string of the molecule is NNC(=O)c1ccc2oc(-c3ccc(Cl)cc3)nc2c1. The van der Waals surface area contributed by atoms with E-state index in [1.54, 1.807) is 30.3 Å². The van der Waals surface area contributed by atoms with Crippen molar-refractivity contribution in [3.8, 4) is 11.5 Å². The lowest BCUT2D eigenvalue weighted by atomic mass is 10.2. The second-order valence-electron chi connectivity index (χ2n) is 4.18. The number of benzene rings is 2. The first-order valence-electron chi connectivity index (χ1n) is 5.85. The summed E-state index contributed by atoms with van der Waals surface area (Å²) >= 11 is 5.84. The van der Waals surface area contributed by atoms with Crippen LogP contribution in [0.3, 0.4) is 0 Å². The van der Waals surface area contributed by atoms with E-state index in [2.05, 4.69) is 10.4 Å². The lowest BCUT2D eigenvalue weighted by Crippen LogP contribution is -2.29. The number of halogens is 1. The van der Waals surface area contributed by atoms with Crippen molar-refractivity contribution in [1.29, 1.82) is 0 Å². The molecular weight excluding hydrogens is 278 g/mol. The molecule has 6 heteroatoms. The van der Waals surface area contributed by atoms with Crippen molar-refractivity contribution < 1.29 is 9.21 Å². The maximum absolute atomic E-state index is 11.5. The van der Waals surface area contributed by atoms with Crippen LogP contribution in [0.1, 0.15) is 10.4 Å². The number of carbonyl (C=O) groups is 1. The van der Waals surface area contributed by atoms with Gasteiger partial charge in [-0.2, -0.15) is 0 Å². The maximum atomic E-state index is 11.5. The van der Waals surface area contributed by atoms with E-state index in [0.29, 0.717) is 27.6 Å². The van der Waals surface area contributed by atoms with Crippen LogP contribution in [0.4, 0.5) is 0 Å². The number of rotatable bonds is 2. The number of nitrogens with two attached hydrogens (primary N) is 1. The summed E-state index contributed by atoms with van der Waals surface area (Å²) in [7, 11) is 0. The average molecular weight is 288 g/mol. The second-order valence-corrected chi connectivity index (χ2v) is 4.62. The van der Waals surface area contributed by atoms with Crippen molar-refractivity contribution >= 4 is 28.6 Å². The third kappa shape index (κ3) is 2.24. The number of hydrazine groups is 1. The van der Waals surface area contributed by atoms with Gasteiger partial charge in [-0.05, 0) is 42.5 Å². The first kappa shape index (κ1) is 12.7. The molecule has 3 N–H and O–H groups in total. The number of amides is 1. The summed E-state index contributed by atoms with van der Waals surface area (Å²) in [6, 6.07) is 12.1. The Bertz CT molecular complexity index is 781. The lowest BCUT2D eigenvalue weighted by molar-refractivity contribution is 0.0954. The Labute approximate surface area is 119 Å². The summed E-state index contributed by atoms with van der Waals surface area (Å²) in [5.41, 5.74) is 4.51. The average Bonchev–Trinajstić information content (AvgIpc) is 2.90. The van der Waals surface area contributed by atoms with Crippen molar-refractivity contribution in [3.63, 3.8) is 0 Å². The molecule has 0 saturated heterocycles. The number of carbonyl (C=O) groups excluding carboxylic acids is 1. The number of oxazole rings is 1. The van der Waals surface area contributed by atoms with Gasteiger partial charge >= 0.3 is 0 Å². The molecule has 5 nitrogen and oxygen atoms in total. The fraction of sp³-hybridized carbons (Fsp3) is 0. The van der Waals surface area contributed by atoms with E-state index in [1.807, 2.05) is 12.1 Å². The van der Waals surface area contributed by atoms with E-state index in [0.717, 1.165) is 5.56 Å². The number of hydrogen-bond acceptors (Lipinski definition) is 4. The minimum absolute atomic E-state index is 0.372. The highest BCUT2D eigenvalue weighted by molar-refractivity contribution is 6.30. The first-order valence-corrected chi connectivity index (χ1v) is 6.22. The summed E-state index contributed by atoms with van der Waals surface area (Å²) in [5, 5.41) is 0.645. The standard InChI is InChI=1S/C14H10ClN3O2/c15-10-4-1-8(2-5-10)14-17-11-7-9(13(19)18-16)3-6-12(11)20-14/h1-7H,16H2,(H,18,19). The Kier molecular flexibility index (Phi) is 3.14. The van der Waals surface area contributed by atoms with Crippen LogP contribution < -0.4 is 11.3 Å². The summed E-state index contributed by atoms with van der Waals surface area (Å²) in [6.45, 7) is 0. The molecule has 0 aliphatic rings. The summed E-state index contributed by atoms with van der Waals surface area (Å²) in [4.78, 5) is 15.8. The van der Waals surface area contributed by atoms with E-state index < -0.39 is 0 Å². The molecule has 0 radical (unpaired) electrons. The van der Waals surface area contributed by atoms with Crippen molar-refractivity contribution in [2.45, 2.75) is 0 Å². The van der Waals surface area contributed by atoms with Crippen LogP contribution in [0, 0.1) is 0 Å². The van der Waals surface area contributed by atoms with Crippen molar-refractivity contribution in [1.82, 2.24) is 10.4 Å². The number of hydrogen-bond donors (Lipinski definition) is 2. The first-order chi connectivity index (χ1) is 9.67. The van der Waals surface area contributed by atoms with Crippen LogP contribution in [-0.2, 0) is 0 Å². The maximum Gasteiger partial charge on any atom is 0.265 e. The van der Waals surface area contributed by atoms with Crippen LogP contribution in [0.5, 0.6) is 0 Å². The van der Waals surface area contributed by atoms with Gasteiger partial charge in [-0.1, -0.05) is 11.6 Å². The molecular formula is C14H10ClN3O2. The molecule has 0 atom stereocenters. The minimum atomic E-state index is -0.372. The van der Waals surface area contributed by atoms with E-state index in [9.17, 15) is 4.79 Å². The molecule has 1 aromatic heterocycles. The molecule has 0 fully saturated rings. The molecule has 3 rings (SSSR count). The Morgan fingerprint density at radius 1 is 1.20 bits per heavy atom. The van der Waals surface area contributed by atoms with Crippen molar-refractivity contribution in [2.75, 3.05) is 0 Å². The Morgan fingerprint density at radius 2 is 1.95 bits per heavy atom. The van der Waals surface area contributed by atoms with Gasteiger partial charge in [0.15, 0.2) is 5.58 Å². The van der Waals surface area contributed by atoms with Gasteiger partial charge in [0.05, 0.1) is 0 Å². The molecule has 0 unspecified atom stereocenters. The van der Waals surface area contributed by atoms with E-state index >= 15 is 0 Å². The van der Waals surface area contributed by atoms with Gasteiger partial charge in [0.25, 0.3) is 5.91 Å². The number of nitrogen functional groups attached to an aromatic ring is 1. The van der Waals surface area contributed by atoms with E-state index in [-0.39, 0.29) is 5.91 Å². The molecule has 0 aliphatic heterocycles. The third-order valence-corrected chi connectivity index (χ3v) is 3.12. The van der Waals surface area contributed by atoms with E-state index in [4.69, 9.17) is 21.9 Å². The zero-order chi connectivity index (χ0) is 14.1. The Morgan fingerprint density at radius 3 is 2.65 bits per heavy atom. The molecule has 20 heavy (non-hydrogen) atoms. The second kappa shape index (κ2) is 4.96. The largest absolute Gasteiger partial charge is 0.436 e. The highest BCUT2D eigenvalue weighted by atomic mass is 35.5. The Hall–Kier alpha value is -2.37. The highest BCUT2D eigenvalue weighted by Gasteiger charge is 2.11. The van der Waals surface area contributed by atoms with Gasteiger partial charge in [-0.3, -0.25) is 10.2 Å². The predicted octanol–water partition coefficient (Wildman–Crippen LogP) is 2.75. The summed E-state index contributed by atoms with van der Waals surface area (Å²) in [6.07, 6.45) is 0. The highest BCUT2D eigenvalue weighted by Crippen LogP contribution is 2.25. The molecule has 3 aromatic rings. The van der Waals surface area contributed by atoms with Gasteiger partial charge < -0.3 is 4.42 Å². The number of nitrogens with one attached hydrogen (secondary N) is 1. The van der Waals surface area contributed by atoms with Crippen molar-refractivity contribution in [2.24, 2.45) is 5.84 Å². The van der Waals surface area contributed by atoms with Crippen LogP contribution in [-0.4, -0.2) is 10.9 Å². The molecule has 2 aromatic carbocycles. The zero-order valence-electron chi connectivity index (χ0n) is 10.3. The Balaban J connectivity index is 2.06. The molecule has 1 heterocycles. The fourth-order valence-electron chi connectivity index (χ4n) is 1.87. The normalized spacial score (nSPS) is 10.7. The number of fused-ring (bicyclic) bond motifs is 1.